The fourth-order valence-corrected chi connectivity index (χ4v) is 1.98. The fourth-order valence-electron chi connectivity index (χ4n) is 1.98. The van der Waals surface area contributed by atoms with Crippen LogP contribution in [0, 0.1) is 13.8 Å². The molecular formula is C19H33NO. The van der Waals surface area contributed by atoms with Gasteiger partial charge in [-0.2, -0.15) is 0 Å². The highest BCUT2D eigenvalue weighted by Gasteiger charge is 2.38. The number of carbonyl (C=O) groups excluding carboxylic acids is 1. The average molecular weight is 291 g/mol. The highest BCUT2D eigenvalue weighted by molar-refractivity contribution is 5.47. The first kappa shape index (κ1) is 19.7. The molecule has 0 radical (unpaired) electrons. The minimum absolute atomic E-state index is 0.0677. The molecule has 21 heavy (non-hydrogen) atoms. The summed E-state index contributed by atoms with van der Waals surface area (Å²) in [6.45, 7) is 16.5. The van der Waals surface area contributed by atoms with Crippen LogP contribution in [0.5, 0.6) is 0 Å². The van der Waals surface area contributed by atoms with Gasteiger partial charge in [0, 0.05) is 5.54 Å². The van der Waals surface area contributed by atoms with Crippen LogP contribution >= 0.6 is 0 Å². The quantitative estimate of drug-likeness (QED) is 0.770. The van der Waals surface area contributed by atoms with Crippen molar-refractivity contribution in [1.29, 1.82) is 0 Å². The normalized spacial score (nSPS) is 14.9. The first-order valence-electron chi connectivity index (χ1n) is 7.96. The molecule has 1 aliphatic rings. The minimum atomic E-state index is -0.0677. The number of aryl methyl sites for hydroxylation is 2. The van der Waals surface area contributed by atoms with Gasteiger partial charge in [0.1, 0.15) is 0 Å². The molecule has 2 rings (SSSR count). The molecule has 1 aliphatic carbocycles. The van der Waals surface area contributed by atoms with Gasteiger partial charge in [-0.1, -0.05) is 50.1 Å². The van der Waals surface area contributed by atoms with Gasteiger partial charge >= 0.3 is 0 Å². The Morgan fingerprint density at radius 3 is 1.71 bits per heavy atom. The lowest BCUT2D eigenvalue weighted by molar-refractivity contribution is -0.110. The van der Waals surface area contributed by atoms with Gasteiger partial charge in [-0.15, -0.1) is 0 Å². The zero-order valence-electron chi connectivity index (χ0n) is 15.1. The number of hydrogen-bond donors (Lipinski definition) is 1. The van der Waals surface area contributed by atoms with Crippen LogP contribution in [-0.2, 0) is 10.2 Å². The van der Waals surface area contributed by atoms with Crippen LogP contribution in [0.1, 0.15) is 71.1 Å². The molecular weight excluding hydrogens is 258 g/mol. The van der Waals surface area contributed by atoms with E-state index >= 15 is 0 Å². The molecule has 120 valence electrons. The van der Waals surface area contributed by atoms with Gasteiger partial charge in [0.25, 0.3) is 0 Å². The SMILES string of the molecule is CC.CC(C)(C)NC=O.Cc1cc(C)cc(C2(C)CC2)c1. The summed E-state index contributed by atoms with van der Waals surface area (Å²) in [4.78, 5) is 9.71. The molecule has 1 aromatic rings. The summed E-state index contributed by atoms with van der Waals surface area (Å²) in [5.74, 6) is 0. The van der Waals surface area contributed by atoms with Gasteiger partial charge in [-0.25, -0.2) is 0 Å². The lowest BCUT2D eigenvalue weighted by Gasteiger charge is -2.15. The second-order valence-electron chi connectivity index (χ2n) is 6.95. The van der Waals surface area contributed by atoms with Crippen molar-refractivity contribution in [3.63, 3.8) is 0 Å². The standard InChI is InChI=1S/C12H16.C5H11NO.C2H6/c1-9-6-10(2)8-11(7-9)12(3)4-5-12;1-5(2,3)6-4-7;1-2/h6-8H,4-5H2,1-3H3;4H,1-3H3,(H,6,7);1-2H3. The molecule has 0 aromatic heterocycles. The third-order valence-electron chi connectivity index (χ3n) is 3.41. The molecule has 0 spiro atoms. The Bertz CT molecular complexity index is 419. The van der Waals surface area contributed by atoms with Gasteiger partial charge < -0.3 is 5.32 Å². The number of carbonyl (C=O) groups is 1. The largest absolute Gasteiger partial charge is 0.354 e. The lowest BCUT2D eigenvalue weighted by Crippen LogP contribution is -2.34. The Morgan fingerprint density at radius 1 is 1.05 bits per heavy atom. The fraction of sp³-hybridized carbons (Fsp3) is 0.632. The topological polar surface area (TPSA) is 29.1 Å². The maximum absolute atomic E-state index is 9.71. The molecule has 0 unspecified atom stereocenters. The first-order chi connectivity index (χ1) is 9.66. The van der Waals surface area contributed by atoms with Crippen LogP contribution in [0.2, 0.25) is 0 Å². The van der Waals surface area contributed by atoms with Crippen LogP contribution in [0.15, 0.2) is 18.2 Å². The van der Waals surface area contributed by atoms with Gasteiger partial charge in [-0.05, 0) is 58.4 Å². The van der Waals surface area contributed by atoms with Gasteiger partial charge in [0.15, 0.2) is 0 Å². The van der Waals surface area contributed by atoms with E-state index in [0.717, 1.165) is 0 Å². The molecule has 1 amide bonds. The second-order valence-corrected chi connectivity index (χ2v) is 6.95. The van der Waals surface area contributed by atoms with Gasteiger partial charge in [0.2, 0.25) is 6.41 Å². The van der Waals surface area contributed by atoms with Crippen molar-refractivity contribution < 1.29 is 4.79 Å². The number of amides is 1. The van der Waals surface area contributed by atoms with Gasteiger partial charge in [0.05, 0.1) is 0 Å². The van der Waals surface area contributed by atoms with Crippen LogP contribution in [0.3, 0.4) is 0 Å². The summed E-state index contributed by atoms with van der Waals surface area (Å²) in [6.07, 6.45) is 3.45. The van der Waals surface area contributed by atoms with E-state index < -0.39 is 0 Å². The molecule has 0 saturated heterocycles. The van der Waals surface area contributed by atoms with Crippen LogP contribution in [0.25, 0.3) is 0 Å². The van der Waals surface area contributed by atoms with E-state index in [2.05, 4.69) is 44.3 Å². The zero-order valence-corrected chi connectivity index (χ0v) is 15.1. The highest BCUT2D eigenvalue weighted by atomic mass is 16.1. The molecule has 1 N–H and O–H groups in total. The van der Waals surface area contributed by atoms with Crippen molar-refractivity contribution in [3.8, 4) is 0 Å². The molecule has 1 fully saturated rings. The van der Waals surface area contributed by atoms with E-state index in [9.17, 15) is 4.79 Å². The Hall–Kier alpha value is -1.31. The third-order valence-corrected chi connectivity index (χ3v) is 3.41. The molecule has 0 atom stereocenters. The van der Waals surface area contributed by atoms with E-state index in [4.69, 9.17) is 0 Å². The Labute approximate surface area is 131 Å². The molecule has 2 nitrogen and oxygen atoms in total. The number of hydrogen-bond acceptors (Lipinski definition) is 1. The van der Waals surface area contributed by atoms with Gasteiger partial charge in [-0.3, -0.25) is 4.79 Å². The van der Waals surface area contributed by atoms with Crippen molar-refractivity contribution in [3.05, 3.63) is 34.9 Å². The van der Waals surface area contributed by atoms with E-state index in [1.165, 1.54) is 24.0 Å². The summed E-state index contributed by atoms with van der Waals surface area (Å²) in [6, 6.07) is 6.91. The Morgan fingerprint density at radius 2 is 1.48 bits per heavy atom. The van der Waals surface area contributed by atoms with Crippen molar-refractivity contribution in [2.24, 2.45) is 0 Å². The molecule has 0 bridgehead atoms. The predicted octanol–water partition coefficient (Wildman–Crippen LogP) is 4.91. The lowest BCUT2D eigenvalue weighted by atomic mass is 9.95. The third kappa shape index (κ3) is 7.89. The van der Waals surface area contributed by atoms with E-state index in [0.29, 0.717) is 11.8 Å². The number of nitrogens with one attached hydrogen (secondary N) is 1. The summed E-state index contributed by atoms with van der Waals surface area (Å²) in [5.41, 5.74) is 4.80. The highest BCUT2D eigenvalue weighted by Crippen LogP contribution is 2.47. The molecule has 0 aliphatic heterocycles. The maximum atomic E-state index is 9.71. The molecule has 0 heterocycles. The van der Waals surface area contributed by atoms with Crippen molar-refractivity contribution in [2.45, 2.75) is 79.2 Å². The van der Waals surface area contributed by atoms with Crippen molar-refractivity contribution in [2.75, 3.05) is 0 Å². The number of benzene rings is 1. The van der Waals surface area contributed by atoms with Crippen molar-refractivity contribution in [1.82, 2.24) is 5.32 Å². The van der Waals surface area contributed by atoms with Crippen LogP contribution < -0.4 is 5.32 Å². The number of rotatable bonds is 2. The Kier molecular flexibility index (Phi) is 7.70. The van der Waals surface area contributed by atoms with Crippen molar-refractivity contribution >= 4 is 6.41 Å². The Balaban J connectivity index is 0.000000385. The zero-order chi connectivity index (χ0) is 16.7. The average Bonchev–Trinajstić information content (AvgIpc) is 3.09. The summed E-state index contributed by atoms with van der Waals surface area (Å²) < 4.78 is 0. The monoisotopic (exact) mass is 291 g/mol. The molecule has 1 aromatic carbocycles. The molecule has 1 saturated carbocycles. The first-order valence-corrected chi connectivity index (χ1v) is 7.96. The van der Waals surface area contributed by atoms with E-state index in [1.54, 1.807) is 5.56 Å². The molecule has 2 heteroatoms. The summed E-state index contributed by atoms with van der Waals surface area (Å²) >= 11 is 0. The maximum Gasteiger partial charge on any atom is 0.207 e. The summed E-state index contributed by atoms with van der Waals surface area (Å²) in [7, 11) is 0. The summed E-state index contributed by atoms with van der Waals surface area (Å²) in [5, 5.41) is 2.60. The van der Waals surface area contributed by atoms with E-state index in [1.807, 2.05) is 34.6 Å². The minimum Gasteiger partial charge on any atom is -0.354 e. The smallest absolute Gasteiger partial charge is 0.207 e. The van der Waals surface area contributed by atoms with Crippen LogP contribution in [-0.4, -0.2) is 11.9 Å². The van der Waals surface area contributed by atoms with E-state index in [-0.39, 0.29) is 5.54 Å². The van der Waals surface area contributed by atoms with Crippen LogP contribution in [0.4, 0.5) is 0 Å². The second kappa shape index (κ2) is 8.21. The predicted molar refractivity (Wildman–Crippen MR) is 92.8 cm³/mol.